The Bertz CT molecular complexity index is 1400. The van der Waals surface area contributed by atoms with E-state index in [0.717, 1.165) is 31.2 Å². The number of hydrogen-bond donors (Lipinski definition) is 0. The number of carbonyl (C=O) groups excluding carboxylic acids is 2. The maximum atomic E-state index is 13.3. The Morgan fingerprint density at radius 1 is 1.00 bits per heavy atom. The Hall–Kier alpha value is -2.97. The molecule has 1 aromatic heterocycles. The number of pyridine rings is 1. The van der Waals surface area contributed by atoms with Crippen LogP contribution in [0.2, 0.25) is 5.02 Å². The summed E-state index contributed by atoms with van der Waals surface area (Å²) in [5.74, 6) is -0.899. The molecule has 2 fully saturated rings. The Labute approximate surface area is 215 Å². The van der Waals surface area contributed by atoms with Gasteiger partial charge < -0.3 is 9.64 Å². The summed E-state index contributed by atoms with van der Waals surface area (Å²) in [6.45, 7) is -0.432. The summed E-state index contributed by atoms with van der Waals surface area (Å²) in [6, 6.07) is 15.7. The van der Waals surface area contributed by atoms with Crippen molar-refractivity contribution in [2.75, 3.05) is 18.1 Å². The maximum Gasteiger partial charge on any atom is 0.339 e. The molecule has 1 saturated carbocycles. The molecule has 2 aromatic carbocycles. The van der Waals surface area contributed by atoms with Crippen molar-refractivity contribution in [3.8, 4) is 11.3 Å². The van der Waals surface area contributed by atoms with Gasteiger partial charge >= 0.3 is 5.97 Å². The lowest BCUT2D eigenvalue weighted by Gasteiger charge is -2.33. The molecule has 1 saturated heterocycles. The molecule has 0 N–H and O–H groups in total. The molecule has 7 nitrogen and oxygen atoms in total. The van der Waals surface area contributed by atoms with E-state index in [-0.39, 0.29) is 29.5 Å². The largest absolute Gasteiger partial charge is 0.452 e. The van der Waals surface area contributed by atoms with Crippen LogP contribution in [0.15, 0.2) is 54.6 Å². The second-order valence-electron chi connectivity index (χ2n) is 9.45. The summed E-state index contributed by atoms with van der Waals surface area (Å²) in [5.41, 5.74) is 2.33. The van der Waals surface area contributed by atoms with Crippen molar-refractivity contribution in [3.05, 3.63) is 65.2 Å². The zero-order valence-electron chi connectivity index (χ0n) is 19.7. The van der Waals surface area contributed by atoms with Crippen molar-refractivity contribution in [2.24, 2.45) is 0 Å². The van der Waals surface area contributed by atoms with Gasteiger partial charge in [-0.05, 0) is 43.5 Å². The Kier molecular flexibility index (Phi) is 6.99. The molecule has 2 aliphatic rings. The zero-order chi connectivity index (χ0) is 25.3. The number of esters is 1. The SMILES string of the molecule is O=C(OCC(=O)N(C1CCCC1)[C@@H]1CCS(=O)(=O)C1)c1cc(-c2ccc(Cl)cc2)nc2ccccc12. The van der Waals surface area contributed by atoms with Crippen molar-refractivity contribution in [1.82, 2.24) is 9.88 Å². The number of rotatable bonds is 6. The van der Waals surface area contributed by atoms with Crippen molar-refractivity contribution < 1.29 is 22.7 Å². The normalized spacial score (nSPS) is 19.4. The van der Waals surface area contributed by atoms with Crippen molar-refractivity contribution in [2.45, 2.75) is 44.2 Å². The first-order valence-corrected chi connectivity index (χ1v) is 14.3. The Morgan fingerprint density at radius 2 is 1.72 bits per heavy atom. The zero-order valence-corrected chi connectivity index (χ0v) is 21.3. The maximum absolute atomic E-state index is 13.3. The molecule has 9 heteroatoms. The fourth-order valence-corrected chi connectivity index (χ4v) is 7.11. The van der Waals surface area contributed by atoms with Gasteiger partial charge in [0.25, 0.3) is 5.91 Å². The third kappa shape index (κ3) is 5.25. The number of amides is 1. The highest BCUT2D eigenvalue weighted by atomic mass is 35.5. The number of nitrogens with zero attached hydrogens (tertiary/aromatic N) is 2. The van der Waals surface area contributed by atoms with Crippen LogP contribution in [-0.2, 0) is 19.4 Å². The second kappa shape index (κ2) is 10.2. The molecule has 1 amide bonds. The van der Waals surface area contributed by atoms with Crippen molar-refractivity contribution >= 4 is 44.2 Å². The van der Waals surface area contributed by atoms with Crippen molar-refractivity contribution in [3.63, 3.8) is 0 Å². The van der Waals surface area contributed by atoms with E-state index in [1.165, 1.54) is 0 Å². The van der Waals surface area contributed by atoms with Gasteiger partial charge in [-0.3, -0.25) is 4.79 Å². The van der Waals surface area contributed by atoms with Crippen LogP contribution >= 0.6 is 11.6 Å². The molecule has 0 radical (unpaired) electrons. The molecule has 188 valence electrons. The van der Waals surface area contributed by atoms with Gasteiger partial charge in [0, 0.05) is 28.1 Å². The standard InChI is InChI=1S/C27H27ClN2O5S/c28-19-11-9-18(10-12-19)25-15-23(22-7-3-4-8-24(22)29-25)27(32)35-16-26(31)30(20-5-1-2-6-20)21-13-14-36(33,34)17-21/h3-4,7-12,15,20-21H,1-2,5-6,13-14,16-17H2/t21-/m1/s1. The minimum atomic E-state index is -3.15. The average Bonchev–Trinajstić information content (AvgIpc) is 3.52. The predicted molar refractivity (Wildman–Crippen MR) is 139 cm³/mol. The summed E-state index contributed by atoms with van der Waals surface area (Å²) >= 11 is 6.02. The van der Waals surface area contributed by atoms with E-state index in [9.17, 15) is 18.0 Å². The number of sulfone groups is 1. The Morgan fingerprint density at radius 3 is 2.42 bits per heavy atom. The van der Waals surface area contributed by atoms with Gasteiger partial charge in [0.15, 0.2) is 16.4 Å². The van der Waals surface area contributed by atoms with Gasteiger partial charge in [0.2, 0.25) is 0 Å². The monoisotopic (exact) mass is 526 g/mol. The lowest BCUT2D eigenvalue weighted by molar-refractivity contribution is -0.139. The number of hydrogen-bond acceptors (Lipinski definition) is 6. The first-order chi connectivity index (χ1) is 17.3. The number of para-hydroxylation sites is 1. The van der Waals surface area contributed by atoms with Crippen molar-refractivity contribution in [1.29, 1.82) is 0 Å². The summed E-state index contributed by atoms with van der Waals surface area (Å²) in [7, 11) is -3.15. The smallest absolute Gasteiger partial charge is 0.339 e. The first-order valence-electron chi connectivity index (χ1n) is 12.2. The van der Waals surface area contributed by atoms with Crippen LogP contribution in [0.5, 0.6) is 0 Å². The lowest BCUT2D eigenvalue weighted by Crippen LogP contribution is -2.48. The molecule has 0 bridgehead atoms. The van der Waals surface area contributed by atoms with E-state index in [2.05, 4.69) is 4.98 Å². The number of ether oxygens (including phenoxy) is 1. The van der Waals surface area contributed by atoms with Gasteiger partial charge in [-0.2, -0.15) is 0 Å². The number of aromatic nitrogens is 1. The first kappa shape index (κ1) is 24.7. The van der Waals surface area contributed by atoms with Gasteiger partial charge in [-0.15, -0.1) is 0 Å². The topological polar surface area (TPSA) is 93.6 Å². The molecule has 0 spiro atoms. The summed E-state index contributed by atoms with van der Waals surface area (Å²) in [6.07, 6.45) is 4.12. The van der Waals surface area contributed by atoms with Gasteiger partial charge in [0.05, 0.1) is 28.3 Å². The van der Waals surface area contributed by atoms with Crippen LogP contribution in [0, 0.1) is 0 Å². The molecule has 5 rings (SSSR count). The van der Waals surface area contributed by atoms with Crippen LogP contribution < -0.4 is 0 Å². The summed E-state index contributed by atoms with van der Waals surface area (Å²) < 4.78 is 29.7. The van der Waals surface area contributed by atoms with Crippen LogP contribution in [0.4, 0.5) is 0 Å². The van der Waals surface area contributed by atoms with E-state index in [1.807, 2.05) is 30.3 Å². The molecule has 3 aromatic rings. The fraction of sp³-hybridized carbons (Fsp3) is 0.370. The molecule has 36 heavy (non-hydrogen) atoms. The van der Waals surface area contributed by atoms with E-state index in [1.54, 1.807) is 29.2 Å². The van der Waals surface area contributed by atoms with Crippen LogP contribution in [-0.4, -0.2) is 60.4 Å². The fourth-order valence-electron chi connectivity index (χ4n) is 5.28. The molecular formula is C27H27ClN2O5S. The molecule has 1 aliphatic carbocycles. The highest BCUT2D eigenvalue weighted by Crippen LogP contribution is 2.30. The average molecular weight is 527 g/mol. The minimum absolute atomic E-state index is 0.00670. The van der Waals surface area contributed by atoms with Crippen LogP contribution in [0.3, 0.4) is 0 Å². The van der Waals surface area contributed by atoms with E-state index >= 15 is 0 Å². The number of fused-ring (bicyclic) bond motifs is 1. The summed E-state index contributed by atoms with van der Waals surface area (Å²) in [5, 5.41) is 1.22. The van der Waals surface area contributed by atoms with Crippen LogP contribution in [0.25, 0.3) is 22.2 Å². The Balaban J connectivity index is 1.38. The van der Waals surface area contributed by atoms with E-state index in [4.69, 9.17) is 16.3 Å². The van der Waals surface area contributed by atoms with Gasteiger partial charge in [-0.25, -0.2) is 18.2 Å². The highest BCUT2D eigenvalue weighted by Gasteiger charge is 2.39. The minimum Gasteiger partial charge on any atom is -0.452 e. The number of halogens is 1. The number of carbonyl (C=O) groups is 2. The second-order valence-corrected chi connectivity index (χ2v) is 12.1. The summed E-state index contributed by atoms with van der Waals surface area (Å²) in [4.78, 5) is 32.9. The number of benzene rings is 2. The van der Waals surface area contributed by atoms with E-state index in [0.29, 0.717) is 33.6 Å². The molecule has 1 aliphatic heterocycles. The molecule has 1 atom stereocenters. The molecule has 0 unspecified atom stereocenters. The lowest BCUT2D eigenvalue weighted by atomic mass is 10.0. The quantitative estimate of drug-likeness (QED) is 0.433. The van der Waals surface area contributed by atoms with Gasteiger partial charge in [-0.1, -0.05) is 54.8 Å². The third-order valence-corrected chi connectivity index (χ3v) is 9.01. The molecular weight excluding hydrogens is 500 g/mol. The highest BCUT2D eigenvalue weighted by molar-refractivity contribution is 7.91. The van der Waals surface area contributed by atoms with Gasteiger partial charge in [0.1, 0.15) is 0 Å². The van der Waals surface area contributed by atoms with Crippen LogP contribution in [0.1, 0.15) is 42.5 Å². The third-order valence-electron chi connectivity index (χ3n) is 7.01. The van der Waals surface area contributed by atoms with E-state index < -0.39 is 22.4 Å². The molecule has 2 heterocycles. The predicted octanol–water partition coefficient (Wildman–Crippen LogP) is 4.67.